The van der Waals surface area contributed by atoms with E-state index in [1.807, 2.05) is 0 Å². The Morgan fingerprint density at radius 2 is 1.90 bits per heavy atom. The van der Waals surface area contributed by atoms with Crippen molar-refractivity contribution >= 4 is 17.6 Å². The summed E-state index contributed by atoms with van der Waals surface area (Å²) < 4.78 is 10.3. The highest BCUT2D eigenvalue weighted by atomic mass is 16.6. The first kappa shape index (κ1) is 22.3. The Balaban J connectivity index is 1.62. The Bertz CT molecular complexity index is 874. The molecule has 1 aliphatic heterocycles. The van der Waals surface area contributed by atoms with Gasteiger partial charge in [0.2, 0.25) is 0 Å². The number of piperazine rings is 1. The maximum absolute atomic E-state index is 12.5. The zero-order valence-electron chi connectivity index (χ0n) is 17.5. The molecule has 1 aromatic heterocycles. The van der Waals surface area contributed by atoms with E-state index in [9.17, 15) is 14.9 Å². The average molecular weight is 429 g/mol. The van der Waals surface area contributed by atoms with Gasteiger partial charge in [0.15, 0.2) is 11.7 Å². The fourth-order valence-electron chi connectivity index (χ4n) is 3.25. The smallest absolute Gasteiger partial charge is 0.289 e. The number of guanidine groups is 1. The molecule has 3 rings (SSSR count). The maximum Gasteiger partial charge on any atom is 0.289 e. The van der Waals surface area contributed by atoms with E-state index in [1.165, 1.54) is 18.4 Å². The third-order valence-electron chi connectivity index (χ3n) is 4.97. The van der Waals surface area contributed by atoms with E-state index in [2.05, 4.69) is 10.2 Å². The summed E-state index contributed by atoms with van der Waals surface area (Å²) in [5, 5.41) is 14.2. The quantitative estimate of drug-likeness (QED) is 0.225. The summed E-state index contributed by atoms with van der Waals surface area (Å²) in [6, 6.07) is 9.76. The largest absolute Gasteiger partial charge is 0.459 e. The van der Waals surface area contributed by atoms with Crippen LogP contribution in [-0.4, -0.2) is 73.0 Å². The molecule has 2 aromatic rings. The molecule has 166 valence electrons. The number of aliphatic imine (C=N–C) groups is 1. The van der Waals surface area contributed by atoms with Crippen molar-refractivity contribution in [3.05, 3.63) is 64.1 Å². The first-order chi connectivity index (χ1) is 15.1. The van der Waals surface area contributed by atoms with Crippen molar-refractivity contribution in [2.24, 2.45) is 4.99 Å². The van der Waals surface area contributed by atoms with E-state index in [1.54, 1.807) is 36.3 Å². The van der Waals surface area contributed by atoms with Gasteiger partial charge in [-0.25, -0.2) is 4.99 Å². The number of carbonyl (C=O) groups is 1. The zero-order chi connectivity index (χ0) is 22.1. The zero-order valence-corrected chi connectivity index (χ0v) is 17.5. The number of nitro benzene ring substituents is 1. The van der Waals surface area contributed by atoms with Crippen LogP contribution in [0.3, 0.4) is 0 Å². The number of rotatable bonds is 8. The molecule has 10 nitrogen and oxygen atoms in total. The van der Waals surface area contributed by atoms with Gasteiger partial charge in [-0.05, 0) is 24.1 Å². The Hall–Kier alpha value is -3.40. The lowest BCUT2D eigenvalue weighted by atomic mass is 10.2. The van der Waals surface area contributed by atoms with E-state index < -0.39 is 4.92 Å². The summed E-state index contributed by atoms with van der Waals surface area (Å²) in [7, 11) is 1.67. The van der Waals surface area contributed by atoms with E-state index in [0.29, 0.717) is 51.6 Å². The van der Waals surface area contributed by atoms with Gasteiger partial charge in [-0.3, -0.25) is 14.9 Å². The molecule has 1 aromatic carbocycles. The molecular weight excluding hydrogens is 402 g/mol. The number of nitrogens with zero attached hydrogens (tertiary/aromatic N) is 4. The van der Waals surface area contributed by atoms with E-state index in [0.717, 1.165) is 17.9 Å². The molecule has 0 aliphatic carbocycles. The van der Waals surface area contributed by atoms with Gasteiger partial charge in [0.1, 0.15) is 0 Å². The highest BCUT2D eigenvalue weighted by Crippen LogP contribution is 2.13. The second-order valence-electron chi connectivity index (χ2n) is 7.09. The number of nitrogens with one attached hydrogen (secondary N) is 1. The molecule has 0 bridgehead atoms. The van der Waals surface area contributed by atoms with Crippen molar-refractivity contribution in [2.75, 3.05) is 46.4 Å². The van der Waals surface area contributed by atoms with Gasteiger partial charge in [0.05, 0.1) is 17.7 Å². The van der Waals surface area contributed by atoms with E-state index >= 15 is 0 Å². The summed E-state index contributed by atoms with van der Waals surface area (Å²) >= 11 is 0. The molecule has 31 heavy (non-hydrogen) atoms. The predicted octanol–water partition coefficient (Wildman–Crippen LogP) is 2.13. The summed E-state index contributed by atoms with van der Waals surface area (Å²) in [6.45, 7) is 4.17. The normalized spacial score (nSPS) is 14.5. The van der Waals surface area contributed by atoms with Gasteiger partial charge in [-0.2, -0.15) is 0 Å². The summed E-state index contributed by atoms with van der Waals surface area (Å²) in [6.07, 6.45) is 2.33. The number of non-ortho nitro benzene ring substituents is 1. The van der Waals surface area contributed by atoms with Crippen LogP contribution < -0.4 is 5.32 Å². The molecule has 0 saturated carbocycles. The topological polar surface area (TPSA) is 113 Å². The van der Waals surface area contributed by atoms with Crippen molar-refractivity contribution in [1.29, 1.82) is 0 Å². The van der Waals surface area contributed by atoms with Crippen LogP contribution in [0, 0.1) is 10.1 Å². The molecular formula is C21H27N5O5. The van der Waals surface area contributed by atoms with Crippen molar-refractivity contribution in [3.63, 3.8) is 0 Å². The predicted molar refractivity (Wildman–Crippen MR) is 115 cm³/mol. The van der Waals surface area contributed by atoms with Gasteiger partial charge in [0.25, 0.3) is 11.6 Å². The van der Waals surface area contributed by atoms with Crippen LogP contribution in [0.15, 0.2) is 52.1 Å². The molecule has 1 fully saturated rings. The summed E-state index contributed by atoms with van der Waals surface area (Å²) in [5.41, 5.74) is 0.941. The minimum absolute atomic E-state index is 0.0583. The minimum atomic E-state index is -0.417. The number of carbonyl (C=O) groups excluding carboxylic acids is 1. The third kappa shape index (κ3) is 6.29. The Labute approximate surface area is 180 Å². The molecule has 1 amide bonds. The Kier molecular flexibility index (Phi) is 7.99. The van der Waals surface area contributed by atoms with Crippen LogP contribution in [0.1, 0.15) is 22.5 Å². The summed E-state index contributed by atoms with van der Waals surface area (Å²) in [4.78, 5) is 31.5. The minimum Gasteiger partial charge on any atom is -0.459 e. The standard InChI is InChI=1S/C21H27N5O5/c1-30-14-3-9-22-21(23-16-17-5-7-18(8-6-17)26(28)29)25-12-10-24(11-13-25)20(27)19-4-2-15-31-19/h2,4-8,15H,3,9-14,16H2,1H3,(H,22,23). The number of ether oxygens (including phenoxy) is 1. The second-order valence-corrected chi connectivity index (χ2v) is 7.09. The SMILES string of the molecule is COCCCNC(=NCc1ccc([N+](=O)[O-])cc1)N1CCN(C(=O)c2ccco2)CC1. The first-order valence-electron chi connectivity index (χ1n) is 10.2. The molecule has 1 N–H and O–H groups in total. The fraction of sp³-hybridized carbons (Fsp3) is 0.429. The van der Waals surface area contributed by atoms with E-state index in [4.69, 9.17) is 14.1 Å². The number of furan rings is 1. The lowest BCUT2D eigenvalue weighted by Gasteiger charge is -2.36. The Morgan fingerprint density at radius 3 is 2.52 bits per heavy atom. The number of methoxy groups -OCH3 is 1. The number of hydrogen-bond donors (Lipinski definition) is 1. The van der Waals surface area contributed by atoms with Gasteiger partial charge in [0, 0.05) is 58.6 Å². The van der Waals surface area contributed by atoms with Crippen molar-refractivity contribution in [3.8, 4) is 0 Å². The molecule has 1 saturated heterocycles. The van der Waals surface area contributed by atoms with Crippen molar-refractivity contribution in [1.82, 2.24) is 15.1 Å². The molecule has 0 unspecified atom stereocenters. The van der Waals surface area contributed by atoms with Crippen molar-refractivity contribution < 1.29 is 18.9 Å². The summed E-state index contributed by atoms with van der Waals surface area (Å²) in [5.74, 6) is 0.986. The van der Waals surface area contributed by atoms with E-state index in [-0.39, 0.29) is 11.6 Å². The highest BCUT2D eigenvalue weighted by molar-refractivity contribution is 5.91. The molecule has 0 radical (unpaired) electrons. The maximum atomic E-state index is 12.5. The fourth-order valence-corrected chi connectivity index (χ4v) is 3.25. The second kappa shape index (κ2) is 11.1. The Morgan fingerprint density at radius 1 is 1.19 bits per heavy atom. The lowest BCUT2D eigenvalue weighted by molar-refractivity contribution is -0.384. The van der Waals surface area contributed by atoms with Gasteiger partial charge < -0.3 is 24.3 Å². The lowest BCUT2D eigenvalue weighted by Crippen LogP contribution is -2.54. The van der Waals surface area contributed by atoms with Gasteiger partial charge in [-0.1, -0.05) is 12.1 Å². The van der Waals surface area contributed by atoms with Crippen molar-refractivity contribution in [2.45, 2.75) is 13.0 Å². The number of hydrogen-bond acceptors (Lipinski definition) is 6. The number of nitro groups is 1. The van der Waals surface area contributed by atoms with Crippen LogP contribution in [0.4, 0.5) is 5.69 Å². The molecule has 1 aliphatic rings. The van der Waals surface area contributed by atoms with Gasteiger partial charge >= 0.3 is 0 Å². The average Bonchev–Trinajstić information content (AvgIpc) is 3.33. The number of amides is 1. The molecule has 10 heteroatoms. The first-order valence-corrected chi connectivity index (χ1v) is 10.2. The third-order valence-corrected chi connectivity index (χ3v) is 4.97. The molecule has 0 atom stereocenters. The van der Waals surface area contributed by atoms with Crippen LogP contribution in [0.5, 0.6) is 0 Å². The van der Waals surface area contributed by atoms with Crippen LogP contribution in [0.2, 0.25) is 0 Å². The molecule has 0 spiro atoms. The van der Waals surface area contributed by atoms with Crippen LogP contribution in [0.25, 0.3) is 0 Å². The highest BCUT2D eigenvalue weighted by Gasteiger charge is 2.25. The van der Waals surface area contributed by atoms with Gasteiger partial charge in [-0.15, -0.1) is 0 Å². The van der Waals surface area contributed by atoms with Crippen LogP contribution in [-0.2, 0) is 11.3 Å². The van der Waals surface area contributed by atoms with Crippen LogP contribution >= 0.6 is 0 Å². The number of benzene rings is 1. The monoisotopic (exact) mass is 429 g/mol. The molecule has 2 heterocycles.